The van der Waals surface area contributed by atoms with Crippen LogP contribution in [0.1, 0.15) is 304 Å². The van der Waals surface area contributed by atoms with Crippen molar-refractivity contribution in [1.82, 2.24) is 0 Å². The molecule has 0 aliphatic heterocycles. The van der Waals surface area contributed by atoms with E-state index < -0.39 is 0 Å². The van der Waals surface area contributed by atoms with E-state index in [1.165, 1.54) is 217 Å². The highest BCUT2D eigenvalue weighted by Crippen LogP contribution is 2.64. The largest absolute Gasteiger partial charge is 0.0654 e. The normalized spacial score (nSPS) is 11.9. The standard InChI is InChI=1S/C84H120/c1-13-25-39-61-53-57-75(69(47-33-21-9)65(61)43-29-17-5)81-79-73-51-37-38-52-74(73)80(79)82(76-58-54-62(40-26-14-2)66(44-30-18-6)70(76)48-34-22-10)84(78-60-56-64(42-28-16-4)68(46-32-20-8)72(78)50-36-24-12)83(81)77-59-55-63(41-27-15-3)67(45-31-19-7)71(77)49-35-23-11/h37-38,51-60H,13-36,39-50H2,1-12H3. The summed E-state index contributed by atoms with van der Waals surface area (Å²) >= 11 is 0. The summed E-state index contributed by atoms with van der Waals surface area (Å²) in [5.41, 5.74) is 38.4. The minimum Gasteiger partial charge on any atom is -0.0654 e. The van der Waals surface area contributed by atoms with Gasteiger partial charge >= 0.3 is 0 Å². The zero-order chi connectivity index (χ0) is 59.8. The molecule has 0 fully saturated rings. The summed E-state index contributed by atoms with van der Waals surface area (Å²) in [6, 6.07) is 31.4. The van der Waals surface area contributed by atoms with Crippen molar-refractivity contribution in [3.63, 3.8) is 0 Å². The van der Waals surface area contributed by atoms with E-state index in [-0.39, 0.29) is 0 Å². The Morgan fingerprint density at radius 1 is 0.167 bits per heavy atom. The molecule has 0 unspecified atom stereocenters. The Hall–Kier alpha value is -4.68. The van der Waals surface area contributed by atoms with Crippen LogP contribution in [-0.2, 0) is 77.0 Å². The van der Waals surface area contributed by atoms with Gasteiger partial charge in [0.1, 0.15) is 0 Å². The molecule has 0 spiro atoms. The average molecular weight is 1130 g/mol. The highest BCUT2D eigenvalue weighted by molar-refractivity contribution is 6.23. The van der Waals surface area contributed by atoms with Gasteiger partial charge in [0, 0.05) is 0 Å². The number of fused-ring (bicyclic) bond motifs is 4. The molecule has 1 aliphatic carbocycles. The van der Waals surface area contributed by atoms with Crippen LogP contribution in [-0.4, -0.2) is 0 Å². The van der Waals surface area contributed by atoms with E-state index in [9.17, 15) is 0 Å². The van der Waals surface area contributed by atoms with Crippen LogP contribution in [0.15, 0.2) is 72.8 Å². The molecule has 7 rings (SSSR count). The van der Waals surface area contributed by atoms with Crippen LogP contribution in [0.2, 0.25) is 0 Å². The second kappa shape index (κ2) is 35.2. The van der Waals surface area contributed by atoms with Gasteiger partial charge in [-0.15, -0.1) is 0 Å². The van der Waals surface area contributed by atoms with Crippen molar-refractivity contribution >= 4 is 0 Å². The third-order valence-corrected chi connectivity index (χ3v) is 19.6. The molecule has 6 aromatic rings. The Kier molecular flexibility index (Phi) is 28.0. The van der Waals surface area contributed by atoms with Crippen molar-refractivity contribution in [2.45, 2.75) is 314 Å². The zero-order valence-electron chi connectivity index (χ0n) is 56.4. The van der Waals surface area contributed by atoms with E-state index in [1.807, 2.05) is 0 Å². The van der Waals surface area contributed by atoms with Crippen LogP contribution < -0.4 is 0 Å². The molecule has 0 amide bonds. The molecule has 0 heterocycles. The second-order valence-electron chi connectivity index (χ2n) is 26.0. The topological polar surface area (TPSA) is 0 Å². The van der Waals surface area contributed by atoms with Crippen LogP contribution in [0.4, 0.5) is 0 Å². The molecular weight excluding hydrogens is 1010 g/mol. The van der Waals surface area contributed by atoms with Gasteiger partial charge in [0.15, 0.2) is 0 Å². The first kappa shape index (κ1) is 66.8. The van der Waals surface area contributed by atoms with Gasteiger partial charge in [-0.05, 0) is 288 Å². The first-order valence-corrected chi connectivity index (χ1v) is 36.2. The summed E-state index contributed by atoms with van der Waals surface area (Å²) in [5, 5.41) is 0. The highest BCUT2D eigenvalue weighted by Gasteiger charge is 2.39. The van der Waals surface area contributed by atoms with Gasteiger partial charge < -0.3 is 0 Å². The molecular formula is C84H120. The Labute approximate surface area is 517 Å². The molecule has 6 aromatic carbocycles. The lowest BCUT2D eigenvalue weighted by Crippen LogP contribution is -2.14. The van der Waals surface area contributed by atoms with E-state index in [0.29, 0.717) is 0 Å². The third-order valence-electron chi connectivity index (χ3n) is 19.6. The molecule has 0 N–H and O–H groups in total. The maximum Gasteiger partial charge on any atom is -0.000730 e. The first-order valence-electron chi connectivity index (χ1n) is 36.2. The number of hydrogen-bond acceptors (Lipinski definition) is 0. The van der Waals surface area contributed by atoms with Gasteiger partial charge in [0.25, 0.3) is 0 Å². The second-order valence-corrected chi connectivity index (χ2v) is 26.0. The van der Waals surface area contributed by atoms with Crippen molar-refractivity contribution in [3.05, 3.63) is 140 Å². The molecule has 1 aliphatic rings. The van der Waals surface area contributed by atoms with E-state index >= 15 is 0 Å². The molecule has 0 aromatic heterocycles. The highest BCUT2D eigenvalue weighted by atomic mass is 14.4. The molecule has 456 valence electrons. The maximum absolute atomic E-state index is 2.74. The quantitative estimate of drug-likeness (QED) is 0.0359. The summed E-state index contributed by atoms with van der Waals surface area (Å²) in [6.45, 7) is 29.0. The Morgan fingerprint density at radius 2 is 0.333 bits per heavy atom. The average Bonchev–Trinajstić information content (AvgIpc) is 1.69. The van der Waals surface area contributed by atoms with Gasteiger partial charge in [0.2, 0.25) is 0 Å². The van der Waals surface area contributed by atoms with Crippen molar-refractivity contribution < 1.29 is 0 Å². The van der Waals surface area contributed by atoms with Crippen LogP contribution >= 0.6 is 0 Å². The molecule has 84 heavy (non-hydrogen) atoms. The van der Waals surface area contributed by atoms with Crippen LogP contribution in [0, 0.1) is 0 Å². The fourth-order valence-electron chi connectivity index (χ4n) is 14.7. The van der Waals surface area contributed by atoms with E-state index in [2.05, 4.69) is 156 Å². The minimum absolute atomic E-state index is 1.13. The molecule has 0 saturated heterocycles. The van der Waals surface area contributed by atoms with Gasteiger partial charge in [-0.2, -0.15) is 0 Å². The number of aryl methyl sites for hydroxylation is 4. The minimum atomic E-state index is 1.13. The SMILES string of the molecule is CCCCc1ccc(-c2c3c(c(-c4ccc(CCCC)c(CCCC)c4CCCC)c(-c4ccc(CCCC)c(CCCC)c4CCCC)c2-c2ccc(CCCC)c(CCCC)c2CCCC)-c2ccccc2-3)c(CCCC)c1CCCC. The summed E-state index contributed by atoms with van der Waals surface area (Å²) in [7, 11) is 0. The van der Waals surface area contributed by atoms with E-state index in [0.717, 1.165) is 25.7 Å². The lowest BCUT2D eigenvalue weighted by atomic mass is 9.65. The zero-order valence-corrected chi connectivity index (χ0v) is 56.4. The number of hydrogen-bond donors (Lipinski definition) is 0. The van der Waals surface area contributed by atoms with E-state index in [4.69, 9.17) is 0 Å². The lowest BCUT2D eigenvalue weighted by molar-refractivity contribution is 0.735. The number of rotatable bonds is 40. The Morgan fingerprint density at radius 3 is 0.524 bits per heavy atom. The maximum atomic E-state index is 2.74. The predicted molar refractivity (Wildman–Crippen MR) is 376 cm³/mol. The van der Waals surface area contributed by atoms with E-state index in [1.54, 1.807) is 122 Å². The van der Waals surface area contributed by atoms with Gasteiger partial charge in [-0.1, -0.05) is 233 Å². The molecule has 0 nitrogen and oxygen atoms in total. The van der Waals surface area contributed by atoms with Crippen molar-refractivity contribution in [1.29, 1.82) is 0 Å². The smallest absolute Gasteiger partial charge is 0.000730 e. The predicted octanol–water partition coefficient (Wildman–Crippen LogP) is 26.1. The van der Waals surface area contributed by atoms with Crippen molar-refractivity contribution in [3.8, 4) is 66.8 Å². The fraction of sp³-hybridized carbons (Fsp3) is 0.571. The Bertz CT molecular complexity index is 2780. The summed E-state index contributed by atoms with van der Waals surface area (Å²) < 4.78 is 0. The van der Waals surface area contributed by atoms with Crippen LogP contribution in [0.5, 0.6) is 0 Å². The monoisotopic (exact) mass is 1130 g/mol. The lowest BCUT2D eigenvalue weighted by Gasteiger charge is -2.38. The fourth-order valence-corrected chi connectivity index (χ4v) is 14.7. The van der Waals surface area contributed by atoms with Crippen LogP contribution in [0.25, 0.3) is 66.8 Å². The van der Waals surface area contributed by atoms with Crippen molar-refractivity contribution in [2.75, 3.05) is 0 Å². The summed E-state index contributed by atoms with van der Waals surface area (Å²) in [6.07, 6.45) is 43.2. The molecule has 0 heteroatoms. The van der Waals surface area contributed by atoms with Gasteiger partial charge in [0.05, 0.1) is 0 Å². The summed E-state index contributed by atoms with van der Waals surface area (Å²) in [5.74, 6) is 0. The van der Waals surface area contributed by atoms with Crippen molar-refractivity contribution in [2.24, 2.45) is 0 Å². The summed E-state index contributed by atoms with van der Waals surface area (Å²) in [4.78, 5) is 0. The third kappa shape index (κ3) is 15.5. The molecule has 0 radical (unpaired) electrons. The number of unbranched alkanes of at least 4 members (excludes halogenated alkanes) is 12. The van der Waals surface area contributed by atoms with Crippen LogP contribution in [0.3, 0.4) is 0 Å². The Balaban J connectivity index is 1.91. The molecule has 0 atom stereocenters. The molecule has 0 bridgehead atoms. The first-order chi connectivity index (χ1) is 41.3. The van der Waals surface area contributed by atoms with Gasteiger partial charge in [-0.25, -0.2) is 0 Å². The van der Waals surface area contributed by atoms with Gasteiger partial charge in [-0.3, -0.25) is 0 Å². The molecule has 0 saturated carbocycles. The number of benzene rings is 6.